The normalized spacial score (nSPS) is 26.3. The number of β-amino-alcohol motifs (C(OH)–C–C–N with tert-alkyl or cyclic N) is 1. The summed E-state index contributed by atoms with van der Waals surface area (Å²) in [6, 6.07) is 6.34. The molecule has 1 aromatic rings. The predicted octanol–water partition coefficient (Wildman–Crippen LogP) is 1.95. The third-order valence-electron chi connectivity index (χ3n) is 3.94. The Bertz CT molecular complexity index is 426. The summed E-state index contributed by atoms with van der Waals surface area (Å²) < 4.78 is 13.6. The lowest BCUT2D eigenvalue weighted by Gasteiger charge is -2.40. The standard InChI is InChI=1S/C15H22FNO2/c1-15(11-18)7-4-8-17(10-15)9-14(19)12-5-2-3-6-13(12)16/h2-3,5-6,14,18-19H,4,7-11H2,1H3/t14-,15+/m1/s1. The van der Waals surface area contributed by atoms with Crippen LogP contribution in [0.4, 0.5) is 4.39 Å². The van der Waals surface area contributed by atoms with E-state index < -0.39 is 6.10 Å². The number of halogens is 1. The van der Waals surface area contributed by atoms with Gasteiger partial charge in [-0.3, -0.25) is 4.90 Å². The molecule has 3 nitrogen and oxygen atoms in total. The van der Waals surface area contributed by atoms with Crippen molar-refractivity contribution in [3.05, 3.63) is 35.6 Å². The first-order valence-electron chi connectivity index (χ1n) is 6.80. The number of hydrogen-bond donors (Lipinski definition) is 2. The van der Waals surface area contributed by atoms with Crippen LogP contribution in [0.2, 0.25) is 0 Å². The van der Waals surface area contributed by atoms with E-state index in [1.807, 2.05) is 0 Å². The van der Waals surface area contributed by atoms with Gasteiger partial charge in [0.15, 0.2) is 0 Å². The van der Waals surface area contributed by atoms with Gasteiger partial charge in [-0.1, -0.05) is 25.1 Å². The van der Waals surface area contributed by atoms with Gasteiger partial charge in [-0.2, -0.15) is 0 Å². The second-order valence-electron chi connectivity index (χ2n) is 5.84. The van der Waals surface area contributed by atoms with Gasteiger partial charge in [0, 0.05) is 30.7 Å². The zero-order valence-corrected chi connectivity index (χ0v) is 11.3. The van der Waals surface area contributed by atoms with Crippen molar-refractivity contribution in [3.8, 4) is 0 Å². The number of rotatable bonds is 4. The molecular formula is C15H22FNO2. The minimum Gasteiger partial charge on any atom is -0.396 e. The van der Waals surface area contributed by atoms with Gasteiger partial charge in [0.05, 0.1) is 6.10 Å². The monoisotopic (exact) mass is 267 g/mol. The van der Waals surface area contributed by atoms with Gasteiger partial charge in [-0.15, -0.1) is 0 Å². The van der Waals surface area contributed by atoms with Crippen molar-refractivity contribution in [2.24, 2.45) is 5.41 Å². The molecule has 1 aliphatic heterocycles. The van der Waals surface area contributed by atoms with Gasteiger partial charge in [0.2, 0.25) is 0 Å². The van der Waals surface area contributed by atoms with Crippen molar-refractivity contribution in [2.45, 2.75) is 25.9 Å². The highest BCUT2D eigenvalue weighted by Crippen LogP contribution is 2.30. The summed E-state index contributed by atoms with van der Waals surface area (Å²) in [4.78, 5) is 2.11. The van der Waals surface area contributed by atoms with Crippen LogP contribution in [0.25, 0.3) is 0 Å². The van der Waals surface area contributed by atoms with Crippen molar-refractivity contribution in [1.29, 1.82) is 0 Å². The summed E-state index contributed by atoms with van der Waals surface area (Å²) in [5.74, 6) is -0.364. The maximum Gasteiger partial charge on any atom is 0.129 e. The molecule has 0 aliphatic carbocycles. The fourth-order valence-electron chi connectivity index (χ4n) is 2.80. The van der Waals surface area contributed by atoms with E-state index in [-0.39, 0.29) is 17.8 Å². The third-order valence-corrected chi connectivity index (χ3v) is 3.94. The van der Waals surface area contributed by atoms with Gasteiger partial charge >= 0.3 is 0 Å². The van der Waals surface area contributed by atoms with Gasteiger partial charge in [0.1, 0.15) is 5.82 Å². The van der Waals surface area contributed by atoms with Gasteiger partial charge in [-0.25, -0.2) is 4.39 Å². The molecule has 0 aromatic heterocycles. The van der Waals surface area contributed by atoms with Crippen molar-refractivity contribution < 1.29 is 14.6 Å². The fraction of sp³-hybridized carbons (Fsp3) is 0.600. The molecule has 1 saturated heterocycles. The second kappa shape index (κ2) is 5.99. The Hall–Kier alpha value is -0.970. The lowest BCUT2D eigenvalue weighted by Crippen LogP contribution is -2.45. The molecule has 2 N–H and O–H groups in total. The van der Waals surface area contributed by atoms with Crippen molar-refractivity contribution >= 4 is 0 Å². The Morgan fingerprint density at radius 1 is 1.42 bits per heavy atom. The van der Waals surface area contributed by atoms with Gasteiger partial charge in [-0.05, 0) is 25.5 Å². The molecule has 2 rings (SSSR count). The average molecular weight is 267 g/mol. The summed E-state index contributed by atoms with van der Waals surface area (Å²) in [5.41, 5.74) is 0.242. The predicted molar refractivity (Wildman–Crippen MR) is 72.2 cm³/mol. The number of benzene rings is 1. The summed E-state index contributed by atoms with van der Waals surface area (Å²) in [6.07, 6.45) is 1.18. The van der Waals surface area contributed by atoms with Crippen molar-refractivity contribution in [3.63, 3.8) is 0 Å². The molecule has 4 heteroatoms. The Labute approximate surface area is 113 Å². The highest BCUT2D eigenvalue weighted by atomic mass is 19.1. The number of aliphatic hydroxyl groups excluding tert-OH is 2. The molecule has 0 radical (unpaired) electrons. The first-order valence-corrected chi connectivity index (χ1v) is 6.80. The Morgan fingerprint density at radius 2 is 2.16 bits per heavy atom. The molecule has 1 heterocycles. The molecule has 19 heavy (non-hydrogen) atoms. The smallest absolute Gasteiger partial charge is 0.129 e. The molecule has 0 amide bonds. The van der Waals surface area contributed by atoms with Crippen LogP contribution in [0.1, 0.15) is 31.4 Å². The highest BCUT2D eigenvalue weighted by molar-refractivity contribution is 5.20. The highest BCUT2D eigenvalue weighted by Gasteiger charge is 2.31. The van der Waals surface area contributed by atoms with E-state index in [0.29, 0.717) is 12.1 Å². The van der Waals surface area contributed by atoms with Gasteiger partial charge < -0.3 is 10.2 Å². The molecule has 0 spiro atoms. The Kier molecular flexibility index (Phi) is 4.55. The maximum atomic E-state index is 13.6. The van der Waals surface area contributed by atoms with Crippen LogP contribution in [-0.4, -0.2) is 41.4 Å². The largest absolute Gasteiger partial charge is 0.396 e. The van der Waals surface area contributed by atoms with E-state index >= 15 is 0 Å². The van der Waals surface area contributed by atoms with Crippen LogP contribution in [-0.2, 0) is 0 Å². The lowest BCUT2D eigenvalue weighted by molar-refractivity contribution is 0.0204. The molecule has 106 valence electrons. The first-order chi connectivity index (χ1) is 9.04. The first kappa shape index (κ1) is 14.4. The van der Waals surface area contributed by atoms with Crippen LogP contribution in [0, 0.1) is 11.2 Å². The topological polar surface area (TPSA) is 43.7 Å². The van der Waals surface area contributed by atoms with Crippen molar-refractivity contribution in [1.82, 2.24) is 4.90 Å². The molecule has 0 bridgehead atoms. The molecule has 1 fully saturated rings. The number of aliphatic hydroxyl groups is 2. The zero-order valence-electron chi connectivity index (χ0n) is 11.3. The van der Waals surface area contributed by atoms with Crippen LogP contribution in [0.5, 0.6) is 0 Å². The molecule has 1 aliphatic rings. The minimum absolute atomic E-state index is 0.104. The molecule has 0 unspecified atom stereocenters. The van der Waals surface area contributed by atoms with Crippen LogP contribution < -0.4 is 0 Å². The SMILES string of the molecule is C[C@]1(CO)CCCN(C[C@@H](O)c2ccccc2F)C1. The second-order valence-corrected chi connectivity index (χ2v) is 5.84. The van der Waals surface area contributed by atoms with Gasteiger partial charge in [0.25, 0.3) is 0 Å². The summed E-state index contributed by atoms with van der Waals surface area (Å²) in [7, 11) is 0. The quantitative estimate of drug-likeness (QED) is 0.876. The van der Waals surface area contributed by atoms with Crippen LogP contribution in [0.15, 0.2) is 24.3 Å². The summed E-state index contributed by atoms with van der Waals surface area (Å²) in [5, 5.41) is 19.6. The van der Waals surface area contributed by atoms with E-state index in [9.17, 15) is 14.6 Å². The number of nitrogens with zero attached hydrogens (tertiary/aromatic N) is 1. The van der Waals surface area contributed by atoms with Crippen molar-refractivity contribution in [2.75, 3.05) is 26.2 Å². The van der Waals surface area contributed by atoms with Crippen LogP contribution >= 0.6 is 0 Å². The summed E-state index contributed by atoms with van der Waals surface area (Å²) in [6.45, 7) is 4.25. The maximum absolute atomic E-state index is 13.6. The average Bonchev–Trinajstić information content (AvgIpc) is 2.39. The van der Waals surface area contributed by atoms with E-state index in [1.165, 1.54) is 6.07 Å². The summed E-state index contributed by atoms with van der Waals surface area (Å²) >= 11 is 0. The Morgan fingerprint density at radius 3 is 2.84 bits per heavy atom. The molecule has 1 aromatic carbocycles. The van der Waals surface area contributed by atoms with E-state index in [2.05, 4.69) is 11.8 Å². The minimum atomic E-state index is -0.817. The number of piperidine rings is 1. The Balaban J connectivity index is 1.99. The van der Waals surface area contributed by atoms with E-state index in [1.54, 1.807) is 18.2 Å². The van der Waals surface area contributed by atoms with Crippen LogP contribution in [0.3, 0.4) is 0 Å². The fourth-order valence-corrected chi connectivity index (χ4v) is 2.80. The lowest BCUT2D eigenvalue weighted by atomic mass is 9.82. The molecule has 2 atom stereocenters. The molecule has 0 saturated carbocycles. The molecular weight excluding hydrogens is 245 g/mol. The van der Waals surface area contributed by atoms with E-state index in [0.717, 1.165) is 25.9 Å². The number of likely N-dealkylation sites (tertiary alicyclic amines) is 1. The third kappa shape index (κ3) is 3.53. The van der Waals surface area contributed by atoms with E-state index in [4.69, 9.17) is 0 Å². The number of hydrogen-bond acceptors (Lipinski definition) is 3. The zero-order chi connectivity index (χ0) is 13.9.